The zero-order valence-corrected chi connectivity index (χ0v) is 20.7. The second-order valence-corrected chi connectivity index (χ2v) is 8.25. The summed E-state index contributed by atoms with van der Waals surface area (Å²) in [7, 11) is 3.94. The van der Waals surface area contributed by atoms with Gasteiger partial charge in [0.1, 0.15) is 5.75 Å². The van der Waals surface area contributed by atoms with E-state index in [1.165, 1.54) is 24.3 Å². The van der Waals surface area contributed by atoms with Crippen LogP contribution in [0.2, 0.25) is 0 Å². The predicted molar refractivity (Wildman–Crippen MR) is 134 cm³/mol. The van der Waals surface area contributed by atoms with Crippen molar-refractivity contribution in [2.24, 2.45) is 10.9 Å². The third-order valence-electron chi connectivity index (χ3n) is 5.27. The SMILES string of the molecule is CCNC(=NCc1cccc(OC)c1)NCC1CCCN(C)C1c1cccs1.I. The van der Waals surface area contributed by atoms with Gasteiger partial charge in [-0.05, 0) is 68.4 Å². The summed E-state index contributed by atoms with van der Waals surface area (Å²) in [5.74, 6) is 2.33. The maximum absolute atomic E-state index is 5.31. The molecule has 7 heteroatoms. The van der Waals surface area contributed by atoms with Crippen molar-refractivity contribution in [3.05, 3.63) is 52.2 Å². The van der Waals surface area contributed by atoms with Crippen molar-refractivity contribution in [3.63, 3.8) is 0 Å². The largest absolute Gasteiger partial charge is 0.497 e. The van der Waals surface area contributed by atoms with Crippen molar-refractivity contribution in [2.75, 3.05) is 33.8 Å². The molecule has 1 fully saturated rings. The number of thiophene rings is 1. The van der Waals surface area contributed by atoms with E-state index in [9.17, 15) is 0 Å². The minimum Gasteiger partial charge on any atom is -0.497 e. The standard InChI is InChI=1S/C22H32N4OS.HI/c1-4-23-22(24-15-17-8-5-10-19(14-17)27-3)25-16-18-9-6-12-26(2)21(18)20-11-7-13-28-20;/h5,7-8,10-11,13-14,18,21H,4,6,9,12,15-16H2,1-3H3,(H2,23,24,25);1H. The molecule has 29 heavy (non-hydrogen) atoms. The maximum Gasteiger partial charge on any atom is 0.191 e. The monoisotopic (exact) mass is 528 g/mol. The van der Waals surface area contributed by atoms with Gasteiger partial charge in [0.2, 0.25) is 0 Å². The number of halogens is 1. The van der Waals surface area contributed by atoms with Crippen molar-refractivity contribution < 1.29 is 4.74 Å². The molecule has 1 aromatic heterocycles. The van der Waals surface area contributed by atoms with E-state index >= 15 is 0 Å². The van der Waals surface area contributed by atoms with Gasteiger partial charge in [0.25, 0.3) is 0 Å². The molecular formula is C22H33IN4OS. The summed E-state index contributed by atoms with van der Waals surface area (Å²) < 4.78 is 5.31. The van der Waals surface area contributed by atoms with Gasteiger partial charge in [0.05, 0.1) is 13.7 Å². The van der Waals surface area contributed by atoms with Crippen molar-refractivity contribution in [1.82, 2.24) is 15.5 Å². The van der Waals surface area contributed by atoms with E-state index in [0.717, 1.165) is 30.4 Å². The molecule has 2 heterocycles. The van der Waals surface area contributed by atoms with E-state index in [0.29, 0.717) is 18.5 Å². The van der Waals surface area contributed by atoms with Crippen molar-refractivity contribution in [2.45, 2.75) is 32.4 Å². The predicted octanol–water partition coefficient (Wildman–Crippen LogP) is 4.51. The molecule has 1 aliphatic rings. The number of benzene rings is 1. The van der Waals surface area contributed by atoms with Gasteiger partial charge >= 0.3 is 0 Å². The molecule has 2 atom stereocenters. The lowest BCUT2D eigenvalue weighted by Gasteiger charge is -2.39. The van der Waals surface area contributed by atoms with Crippen LogP contribution >= 0.6 is 35.3 Å². The molecular weight excluding hydrogens is 495 g/mol. The Bertz CT molecular complexity index is 753. The summed E-state index contributed by atoms with van der Waals surface area (Å²) in [5.41, 5.74) is 1.14. The van der Waals surface area contributed by atoms with E-state index in [4.69, 9.17) is 9.73 Å². The first-order chi connectivity index (χ1) is 13.7. The van der Waals surface area contributed by atoms with Gasteiger partial charge in [-0.3, -0.25) is 4.90 Å². The van der Waals surface area contributed by atoms with Gasteiger partial charge in [-0.1, -0.05) is 18.2 Å². The van der Waals surface area contributed by atoms with Crippen LogP contribution in [0.5, 0.6) is 5.75 Å². The first-order valence-electron chi connectivity index (χ1n) is 10.1. The third kappa shape index (κ3) is 6.86. The number of piperidine rings is 1. The summed E-state index contributed by atoms with van der Waals surface area (Å²) in [6.45, 7) is 5.68. The van der Waals surface area contributed by atoms with E-state index < -0.39 is 0 Å². The second kappa shape index (κ2) is 12.4. The quantitative estimate of drug-likeness (QED) is 0.316. The molecule has 1 aromatic carbocycles. The van der Waals surface area contributed by atoms with Crippen molar-refractivity contribution in [1.29, 1.82) is 0 Å². The number of methoxy groups -OCH3 is 1. The zero-order valence-electron chi connectivity index (χ0n) is 17.6. The Labute approximate surface area is 196 Å². The van der Waals surface area contributed by atoms with Crippen LogP contribution in [0.1, 0.15) is 36.2 Å². The molecule has 0 bridgehead atoms. The average molecular weight is 529 g/mol. The molecule has 0 spiro atoms. The molecule has 3 rings (SSSR count). The number of guanidine groups is 1. The molecule has 1 aliphatic heterocycles. The first-order valence-corrected chi connectivity index (χ1v) is 11.0. The van der Waals surface area contributed by atoms with Gasteiger partial charge in [-0.25, -0.2) is 4.99 Å². The number of aliphatic imine (C=N–C) groups is 1. The van der Waals surface area contributed by atoms with Crippen LogP contribution in [-0.2, 0) is 6.54 Å². The maximum atomic E-state index is 5.31. The Morgan fingerprint density at radius 2 is 2.14 bits per heavy atom. The van der Waals surface area contributed by atoms with Gasteiger partial charge in [0.15, 0.2) is 5.96 Å². The normalized spacial score (nSPS) is 20.0. The molecule has 160 valence electrons. The lowest BCUT2D eigenvalue weighted by molar-refractivity contribution is 0.125. The van der Waals surface area contributed by atoms with Gasteiger partial charge in [-0.15, -0.1) is 35.3 Å². The highest BCUT2D eigenvalue weighted by molar-refractivity contribution is 14.0. The molecule has 0 amide bonds. The van der Waals surface area contributed by atoms with Crippen LogP contribution in [0.3, 0.4) is 0 Å². The van der Waals surface area contributed by atoms with E-state index in [1.54, 1.807) is 7.11 Å². The fourth-order valence-corrected chi connectivity index (χ4v) is 4.88. The molecule has 2 N–H and O–H groups in total. The molecule has 2 unspecified atom stereocenters. The topological polar surface area (TPSA) is 48.9 Å². The van der Waals surface area contributed by atoms with E-state index in [2.05, 4.69) is 53.1 Å². The molecule has 0 saturated carbocycles. The Morgan fingerprint density at radius 3 is 2.86 bits per heavy atom. The molecule has 2 aromatic rings. The van der Waals surface area contributed by atoms with Crippen LogP contribution in [0, 0.1) is 5.92 Å². The number of likely N-dealkylation sites (tertiary alicyclic amines) is 1. The van der Waals surface area contributed by atoms with Crippen LogP contribution in [-0.4, -0.2) is 44.7 Å². The van der Waals surface area contributed by atoms with Crippen molar-refractivity contribution >= 4 is 41.3 Å². The zero-order chi connectivity index (χ0) is 19.8. The number of nitrogens with zero attached hydrogens (tertiary/aromatic N) is 2. The lowest BCUT2D eigenvalue weighted by atomic mass is 9.88. The average Bonchev–Trinajstić information content (AvgIpc) is 3.24. The van der Waals surface area contributed by atoms with Crippen LogP contribution in [0.4, 0.5) is 0 Å². The van der Waals surface area contributed by atoms with Crippen LogP contribution < -0.4 is 15.4 Å². The highest BCUT2D eigenvalue weighted by atomic mass is 127. The van der Waals surface area contributed by atoms with Crippen LogP contribution in [0.25, 0.3) is 0 Å². The Kier molecular flexibility index (Phi) is 10.2. The highest BCUT2D eigenvalue weighted by Gasteiger charge is 2.31. The molecule has 0 radical (unpaired) electrons. The summed E-state index contributed by atoms with van der Waals surface area (Å²) in [6.07, 6.45) is 2.50. The van der Waals surface area contributed by atoms with E-state index in [1.807, 2.05) is 29.5 Å². The number of nitrogens with one attached hydrogen (secondary N) is 2. The Hall–Kier alpha value is -1.32. The highest BCUT2D eigenvalue weighted by Crippen LogP contribution is 2.36. The summed E-state index contributed by atoms with van der Waals surface area (Å²) in [5, 5.41) is 9.15. The fraction of sp³-hybridized carbons (Fsp3) is 0.500. The Morgan fingerprint density at radius 1 is 1.28 bits per heavy atom. The minimum absolute atomic E-state index is 0. The smallest absolute Gasteiger partial charge is 0.191 e. The van der Waals surface area contributed by atoms with Gasteiger partial charge in [0, 0.05) is 24.0 Å². The van der Waals surface area contributed by atoms with Crippen molar-refractivity contribution in [3.8, 4) is 5.75 Å². The van der Waals surface area contributed by atoms with Gasteiger partial charge in [-0.2, -0.15) is 0 Å². The fourth-order valence-electron chi connectivity index (χ4n) is 3.89. The molecule has 5 nitrogen and oxygen atoms in total. The lowest BCUT2D eigenvalue weighted by Crippen LogP contribution is -2.44. The van der Waals surface area contributed by atoms with E-state index in [-0.39, 0.29) is 24.0 Å². The second-order valence-electron chi connectivity index (χ2n) is 7.27. The van der Waals surface area contributed by atoms with Gasteiger partial charge < -0.3 is 15.4 Å². The molecule has 1 saturated heterocycles. The summed E-state index contributed by atoms with van der Waals surface area (Å²) in [6, 6.07) is 13.0. The summed E-state index contributed by atoms with van der Waals surface area (Å²) >= 11 is 1.87. The number of ether oxygens (including phenoxy) is 1. The first kappa shape index (κ1) is 24.0. The molecule has 0 aliphatic carbocycles. The van der Waals surface area contributed by atoms with Crippen LogP contribution in [0.15, 0.2) is 46.8 Å². The minimum atomic E-state index is 0. The Balaban J connectivity index is 0.00000300. The number of hydrogen-bond acceptors (Lipinski definition) is 4. The summed E-state index contributed by atoms with van der Waals surface area (Å²) in [4.78, 5) is 8.75. The third-order valence-corrected chi connectivity index (χ3v) is 6.21. The number of hydrogen-bond donors (Lipinski definition) is 2. The number of rotatable bonds is 7.